The lowest BCUT2D eigenvalue weighted by atomic mass is 10.8. The maximum Gasteiger partial charge on any atom is 0.341 e. The van der Waals surface area contributed by atoms with Crippen molar-refractivity contribution in [1.29, 1.82) is 0 Å². The van der Waals surface area contributed by atoms with Crippen LogP contribution in [0.1, 0.15) is 13.8 Å². The summed E-state index contributed by atoms with van der Waals surface area (Å²) < 4.78 is 25.6. The molecule has 0 rings (SSSR count). The number of hydrogen-bond acceptors (Lipinski definition) is 5. The molecule has 6 heteroatoms. The lowest BCUT2D eigenvalue weighted by molar-refractivity contribution is -0.140. The van der Waals surface area contributed by atoms with Crippen LogP contribution in [-0.2, 0) is 23.1 Å². The van der Waals surface area contributed by atoms with Gasteiger partial charge in [-0.3, -0.25) is 9.36 Å². The average Bonchev–Trinajstić information content (AvgIpc) is 2.05. The van der Waals surface area contributed by atoms with Crippen LogP contribution in [-0.4, -0.2) is 32.5 Å². The summed E-state index contributed by atoms with van der Waals surface area (Å²) in [7, 11) is -2.01. The molecule has 5 nitrogen and oxygen atoms in total. The zero-order valence-corrected chi connectivity index (χ0v) is 9.00. The third kappa shape index (κ3) is 5.03. The Kier molecular flexibility index (Phi) is 5.95. The molecule has 0 aliphatic carbocycles. The summed E-state index contributed by atoms with van der Waals surface area (Å²) in [6, 6.07) is 0. The predicted molar refractivity (Wildman–Crippen MR) is 47.7 cm³/mol. The summed E-state index contributed by atoms with van der Waals surface area (Å²) in [5.41, 5.74) is 0. The van der Waals surface area contributed by atoms with Crippen LogP contribution >= 0.6 is 7.60 Å². The van der Waals surface area contributed by atoms with E-state index in [1.807, 2.05) is 0 Å². The largest absolute Gasteiger partial charge is 0.466 e. The molecule has 78 valence electrons. The summed E-state index contributed by atoms with van der Waals surface area (Å²) in [6.45, 7) is 3.85. The molecule has 0 aliphatic rings. The first-order valence-corrected chi connectivity index (χ1v) is 5.75. The van der Waals surface area contributed by atoms with Gasteiger partial charge in [-0.2, -0.15) is 0 Å². The van der Waals surface area contributed by atoms with Crippen LogP contribution in [0.5, 0.6) is 0 Å². The fourth-order valence-electron chi connectivity index (χ4n) is 0.724. The van der Waals surface area contributed by atoms with Gasteiger partial charge in [-0.05, 0) is 13.8 Å². The van der Waals surface area contributed by atoms with Crippen molar-refractivity contribution in [2.75, 3.05) is 26.5 Å². The number of carbonyl (C=O) groups is 1. The standard InChI is InChI=1S/C7H15O5P/c1-4-11-7(8)6-13(9,10-3)12-5-2/h4-6H2,1-3H3. The van der Waals surface area contributed by atoms with Crippen molar-refractivity contribution in [3.05, 3.63) is 0 Å². The van der Waals surface area contributed by atoms with E-state index in [0.29, 0.717) is 0 Å². The van der Waals surface area contributed by atoms with Gasteiger partial charge in [-0.25, -0.2) is 0 Å². The van der Waals surface area contributed by atoms with Crippen LogP contribution < -0.4 is 0 Å². The zero-order chi connectivity index (χ0) is 10.3. The van der Waals surface area contributed by atoms with E-state index in [9.17, 15) is 9.36 Å². The molecule has 0 aromatic carbocycles. The number of ether oxygens (including phenoxy) is 1. The van der Waals surface area contributed by atoms with E-state index in [0.717, 1.165) is 0 Å². The molecule has 0 aromatic heterocycles. The van der Waals surface area contributed by atoms with Crippen molar-refractivity contribution in [2.24, 2.45) is 0 Å². The van der Waals surface area contributed by atoms with Crippen molar-refractivity contribution in [3.63, 3.8) is 0 Å². The van der Waals surface area contributed by atoms with E-state index in [-0.39, 0.29) is 19.4 Å². The highest BCUT2D eigenvalue weighted by Gasteiger charge is 2.27. The Balaban J connectivity index is 4.10. The molecule has 13 heavy (non-hydrogen) atoms. The maximum atomic E-state index is 11.5. The Morgan fingerprint density at radius 2 is 1.92 bits per heavy atom. The van der Waals surface area contributed by atoms with Crippen LogP contribution in [0, 0.1) is 0 Å². The Bertz CT molecular complexity index is 203. The first-order chi connectivity index (χ1) is 6.08. The van der Waals surface area contributed by atoms with E-state index in [2.05, 4.69) is 9.26 Å². The van der Waals surface area contributed by atoms with Gasteiger partial charge in [0.25, 0.3) is 0 Å². The van der Waals surface area contributed by atoms with E-state index < -0.39 is 13.6 Å². The van der Waals surface area contributed by atoms with Crippen LogP contribution in [0.2, 0.25) is 0 Å². The number of esters is 1. The minimum atomic E-state index is -3.26. The molecular weight excluding hydrogens is 195 g/mol. The van der Waals surface area contributed by atoms with E-state index in [4.69, 9.17) is 4.52 Å². The molecule has 1 unspecified atom stereocenters. The molecule has 1 atom stereocenters. The van der Waals surface area contributed by atoms with Crippen LogP contribution in [0.4, 0.5) is 0 Å². The van der Waals surface area contributed by atoms with Gasteiger partial charge in [-0.15, -0.1) is 0 Å². The van der Waals surface area contributed by atoms with Gasteiger partial charge >= 0.3 is 13.6 Å². The Morgan fingerprint density at radius 1 is 1.31 bits per heavy atom. The third-order valence-corrected chi connectivity index (χ3v) is 3.09. The lowest BCUT2D eigenvalue weighted by Crippen LogP contribution is -2.12. The first-order valence-electron chi connectivity index (χ1n) is 4.03. The summed E-state index contributed by atoms with van der Waals surface area (Å²) >= 11 is 0. The highest BCUT2D eigenvalue weighted by Crippen LogP contribution is 2.46. The Hall–Kier alpha value is -0.380. The minimum Gasteiger partial charge on any atom is -0.466 e. The monoisotopic (exact) mass is 210 g/mol. The zero-order valence-electron chi connectivity index (χ0n) is 8.11. The summed E-state index contributed by atoms with van der Waals surface area (Å²) in [6.07, 6.45) is -0.328. The second-order valence-corrected chi connectivity index (χ2v) is 4.34. The van der Waals surface area contributed by atoms with Gasteiger partial charge in [0.15, 0.2) is 0 Å². The second-order valence-electron chi connectivity index (χ2n) is 2.17. The van der Waals surface area contributed by atoms with Crippen LogP contribution in [0.3, 0.4) is 0 Å². The molecule has 0 heterocycles. The summed E-state index contributed by atoms with van der Waals surface area (Å²) in [5.74, 6) is -0.568. The molecule has 0 saturated heterocycles. The predicted octanol–water partition coefficient (Wildman–Crippen LogP) is 1.43. The molecule has 0 fully saturated rings. The average molecular weight is 210 g/mol. The van der Waals surface area contributed by atoms with E-state index >= 15 is 0 Å². The molecule has 0 radical (unpaired) electrons. The second kappa shape index (κ2) is 6.13. The van der Waals surface area contributed by atoms with Gasteiger partial charge in [0, 0.05) is 7.11 Å². The number of rotatable bonds is 6. The number of hydrogen-bond donors (Lipinski definition) is 0. The van der Waals surface area contributed by atoms with Gasteiger partial charge in [0.05, 0.1) is 13.2 Å². The number of carbonyl (C=O) groups excluding carboxylic acids is 1. The van der Waals surface area contributed by atoms with Crippen molar-refractivity contribution in [3.8, 4) is 0 Å². The Morgan fingerprint density at radius 3 is 2.31 bits per heavy atom. The van der Waals surface area contributed by atoms with Crippen LogP contribution in [0.15, 0.2) is 0 Å². The van der Waals surface area contributed by atoms with Crippen molar-refractivity contribution < 1.29 is 23.1 Å². The molecule has 0 aromatic rings. The molecule has 0 spiro atoms. The summed E-state index contributed by atoms with van der Waals surface area (Å²) in [5, 5.41) is 0. The normalized spacial score (nSPS) is 15.0. The topological polar surface area (TPSA) is 61.8 Å². The molecule has 0 saturated carbocycles. The van der Waals surface area contributed by atoms with Gasteiger partial charge in [-0.1, -0.05) is 0 Å². The molecule has 0 bridgehead atoms. The van der Waals surface area contributed by atoms with Crippen molar-refractivity contribution >= 4 is 13.6 Å². The smallest absolute Gasteiger partial charge is 0.341 e. The maximum absolute atomic E-state index is 11.5. The van der Waals surface area contributed by atoms with Gasteiger partial charge in [0.1, 0.15) is 6.16 Å². The van der Waals surface area contributed by atoms with E-state index in [1.54, 1.807) is 13.8 Å². The molecule has 0 aliphatic heterocycles. The fourth-order valence-corrected chi connectivity index (χ4v) is 1.85. The molecule has 0 amide bonds. The first kappa shape index (κ1) is 12.6. The highest BCUT2D eigenvalue weighted by molar-refractivity contribution is 7.54. The fraction of sp³-hybridized carbons (Fsp3) is 0.857. The highest BCUT2D eigenvalue weighted by atomic mass is 31.2. The molecule has 0 N–H and O–H groups in total. The molecular formula is C7H15O5P. The van der Waals surface area contributed by atoms with E-state index in [1.165, 1.54) is 7.11 Å². The van der Waals surface area contributed by atoms with Gasteiger partial charge in [0.2, 0.25) is 0 Å². The Labute approximate surface area is 77.9 Å². The minimum absolute atomic E-state index is 0.241. The lowest BCUT2D eigenvalue weighted by Gasteiger charge is -2.13. The summed E-state index contributed by atoms with van der Waals surface area (Å²) in [4.78, 5) is 10.9. The van der Waals surface area contributed by atoms with Crippen LogP contribution in [0.25, 0.3) is 0 Å². The van der Waals surface area contributed by atoms with Crippen molar-refractivity contribution in [1.82, 2.24) is 0 Å². The third-order valence-electron chi connectivity index (χ3n) is 1.23. The SMILES string of the molecule is CCOC(=O)CP(=O)(OC)OCC. The van der Waals surface area contributed by atoms with Crippen molar-refractivity contribution in [2.45, 2.75) is 13.8 Å². The van der Waals surface area contributed by atoms with Gasteiger partial charge < -0.3 is 13.8 Å². The quantitative estimate of drug-likeness (QED) is 0.490.